The van der Waals surface area contributed by atoms with E-state index in [1.807, 2.05) is 6.92 Å². The van der Waals surface area contributed by atoms with Crippen LogP contribution in [-0.2, 0) is 14.9 Å². The second-order valence-corrected chi connectivity index (χ2v) is 7.36. The number of ether oxygens (including phenoxy) is 1. The van der Waals surface area contributed by atoms with E-state index in [1.54, 1.807) is 17.5 Å². The summed E-state index contributed by atoms with van der Waals surface area (Å²) in [4.78, 5) is 11.7. The number of esters is 1. The molecule has 112 valence electrons. The van der Waals surface area contributed by atoms with Crippen molar-refractivity contribution >= 4 is 43.4 Å². The molecule has 5 nitrogen and oxygen atoms in total. The molecule has 2 aromatic rings. The van der Waals surface area contributed by atoms with E-state index in [0.29, 0.717) is 4.47 Å². The molecule has 0 fully saturated rings. The summed E-state index contributed by atoms with van der Waals surface area (Å²) in [5, 5.41) is 1.56. The molecule has 0 aliphatic rings. The maximum atomic E-state index is 12.2. The van der Waals surface area contributed by atoms with E-state index in [1.165, 1.54) is 19.2 Å². The number of carbonyl (C=O) groups is 1. The summed E-state index contributed by atoms with van der Waals surface area (Å²) in [7, 11) is -2.80. The highest BCUT2D eigenvalue weighted by Gasteiger charge is 2.25. The van der Waals surface area contributed by atoms with E-state index in [0.717, 1.165) is 16.9 Å². The zero-order chi connectivity index (χ0) is 15.6. The molecule has 0 unspecified atom stereocenters. The van der Waals surface area contributed by atoms with Crippen LogP contribution < -0.4 is 4.18 Å². The molecular formula is C13H11BrO5S2. The predicted molar refractivity (Wildman–Crippen MR) is 82.4 cm³/mol. The summed E-state index contributed by atoms with van der Waals surface area (Å²) in [6.45, 7) is 1.85. The second kappa shape index (κ2) is 6.17. The summed E-state index contributed by atoms with van der Waals surface area (Å²) in [6.07, 6.45) is 0. The lowest BCUT2D eigenvalue weighted by atomic mass is 10.2. The monoisotopic (exact) mass is 390 g/mol. The zero-order valence-electron chi connectivity index (χ0n) is 11.1. The number of hydrogen-bond donors (Lipinski definition) is 0. The van der Waals surface area contributed by atoms with Crippen molar-refractivity contribution in [3.63, 3.8) is 0 Å². The highest BCUT2D eigenvalue weighted by atomic mass is 79.9. The average Bonchev–Trinajstić information content (AvgIpc) is 2.79. The molecule has 0 saturated heterocycles. The first kappa shape index (κ1) is 16.0. The van der Waals surface area contributed by atoms with E-state index in [-0.39, 0.29) is 15.5 Å². The molecule has 1 heterocycles. The second-order valence-electron chi connectivity index (χ2n) is 4.08. The van der Waals surface area contributed by atoms with Crippen molar-refractivity contribution in [2.24, 2.45) is 0 Å². The topological polar surface area (TPSA) is 69.7 Å². The third-order valence-electron chi connectivity index (χ3n) is 2.58. The van der Waals surface area contributed by atoms with Crippen LogP contribution in [0.5, 0.6) is 5.75 Å². The van der Waals surface area contributed by atoms with Gasteiger partial charge in [-0.3, -0.25) is 0 Å². The summed E-state index contributed by atoms with van der Waals surface area (Å²) in [5.74, 6) is -0.716. The van der Waals surface area contributed by atoms with Gasteiger partial charge in [0.15, 0.2) is 10.6 Å². The summed E-state index contributed by atoms with van der Waals surface area (Å²) < 4.78 is 34.5. The molecule has 0 atom stereocenters. The van der Waals surface area contributed by atoms with E-state index in [9.17, 15) is 13.2 Å². The highest BCUT2D eigenvalue weighted by Crippen LogP contribution is 2.37. The van der Waals surface area contributed by atoms with E-state index in [2.05, 4.69) is 20.7 Å². The van der Waals surface area contributed by atoms with Crippen molar-refractivity contribution in [3.05, 3.63) is 44.6 Å². The Labute approximate surface area is 134 Å². The Kier molecular flexibility index (Phi) is 4.70. The van der Waals surface area contributed by atoms with Crippen molar-refractivity contribution in [1.82, 2.24) is 0 Å². The maximum Gasteiger partial charge on any atom is 0.351 e. The molecule has 8 heteroatoms. The Bertz CT molecular complexity index is 762. The van der Waals surface area contributed by atoms with Crippen LogP contribution in [0.2, 0.25) is 0 Å². The van der Waals surface area contributed by atoms with Gasteiger partial charge in [-0.2, -0.15) is 8.42 Å². The molecule has 1 aromatic carbocycles. The van der Waals surface area contributed by atoms with Gasteiger partial charge in [-0.25, -0.2) is 4.79 Å². The fourth-order valence-electron chi connectivity index (χ4n) is 1.50. The van der Waals surface area contributed by atoms with Crippen LogP contribution >= 0.6 is 27.3 Å². The molecule has 1 aromatic heterocycles. The molecule has 0 aliphatic carbocycles. The van der Waals surface area contributed by atoms with Crippen LogP contribution in [0.1, 0.15) is 15.2 Å². The van der Waals surface area contributed by atoms with Gasteiger partial charge in [0.1, 0.15) is 4.90 Å². The van der Waals surface area contributed by atoms with Crippen molar-refractivity contribution in [2.45, 2.75) is 11.8 Å². The number of thiophene rings is 1. The van der Waals surface area contributed by atoms with E-state index >= 15 is 0 Å². The van der Waals surface area contributed by atoms with Gasteiger partial charge in [0, 0.05) is 5.38 Å². The summed E-state index contributed by atoms with van der Waals surface area (Å²) >= 11 is 4.20. The van der Waals surface area contributed by atoms with Crippen LogP contribution in [-0.4, -0.2) is 21.5 Å². The summed E-state index contributed by atoms with van der Waals surface area (Å²) in [5.41, 5.74) is 0.931. The normalized spacial score (nSPS) is 11.2. The summed E-state index contributed by atoms with van der Waals surface area (Å²) in [6, 6.07) is 6.23. The molecular weight excluding hydrogens is 380 g/mol. The smallest absolute Gasteiger partial charge is 0.351 e. The Morgan fingerprint density at radius 3 is 2.43 bits per heavy atom. The quantitative estimate of drug-likeness (QED) is 0.591. The number of hydrogen-bond acceptors (Lipinski definition) is 6. The maximum absolute atomic E-state index is 12.2. The molecule has 2 rings (SSSR count). The van der Waals surface area contributed by atoms with Gasteiger partial charge in [0.05, 0.1) is 11.6 Å². The Morgan fingerprint density at radius 2 is 1.86 bits per heavy atom. The lowest BCUT2D eigenvalue weighted by Gasteiger charge is -2.08. The van der Waals surface area contributed by atoms with Gasteiger partial charge in [0.2, 0.25) is 0 Å². The van der Waals surface area contributed by atoms with Gasteiger partial charge in [-0.05, 0) is 35.0 Å². The van der Waals surface area contributed by atoms with Crippen LogP contribution in [0.25, 0.3) is 0 Å². The molecule has 0 saturated carbocycles. The van der Waals surface area contributed by atoms with Gasteiger partial charge >= 0.3 is 16.1 Å². The van der Waals surface area contributed by atoms with E-state index in [4.69, 9.17) is 4.18 Å². The minimum Gasteiger partial charge on any atom is -0.465 e. The van der Waals surface area contributed by atoms with Crippen LogP contribution in [0.4, 0.5) is 0 Å². The number of methoxy groups -OCH3 is 1. The van der Waals surface area contributed by atoms with Crippen molar-refractivity contribution < 1.29 is 22.1 Å². The fourth-order valence-corrected chi connectivity index (χ4v) is 4.08. The number of benzene rings is 1. The lowest BCUT2D eigenvalue weighted by molar-refractivity contribution is 0.0604. The minimum absolute atomic E-state index is 0.0158. The highest BCUT2D eigenvalue weighted by molar-refractivity contribution is 9.10. The zero-order valence-corrected chi connectivity index (χ0v) is 14.3. The Balaban J connectivity index is 2.39. The molecule has 0 N–H and O–H groups in total. The van der Waals surface area contributed by atoms with Crippen molar-refractivity contribution in [2.75, 3.05) is 7.11 Å². The first-order valence-electron chi connectivity index (χ1n) is 5.71. The number of halogens is 1. The average molecular weight is 391 g/mol. The minimum atomic E-state index is -4.02. The van der Waals surface area contributed by atoms with Crippen molar-refractivity contribution in [1.29, 1.82) is 0 Å². The third-order valence-corrected chi connectivity index (χ3v) is 5.65. The SMILES string of the molecule is COC(=O)c1scc(Br)c1OS(=O)(=O)c1ccc(C)cc1. The Hall–Kier alpha value is -1.38. The van der Waals surface area contributed by atoms with Gasteiger partial charge in [-0.1, -0.05) is 17.7 Å². The number of carbonyl (C=O) groups excluding carboxylic acids is 1. The molecule has 21 heavy (non-hydrogen) atoms. The van der Waals surface area contributed by atoms with Crippen LogP contribution in [0, 0.1) is 6.92 Å². The van der Waals surface area contributed by atoms with Crippen LogP contribution in [0.15, 0.2) is 39.0 Å². The molecule has 0 bridgehead atoms. The van der Waals surface area contributed by atoms with Gasteiger partial charge < -0.3 is 8.92 Å². The molecule has 0 spiro atoms. The van der Waals surface area contributed by atoms with Crippen molar-refractivity contribution in [3.8, 4) is 5.75 Å². The van der Waals surface area contributed by atoms with Gasteiger partial charge in [-0.15, -0.1) is 11.3 Å². The standard InChI is InChI=1S/C13H11BrO5S2/c1-8-3-5-9(6-4-8)21(16,17)19-11-10(14)7-20-12(11)13(15)18-2/h3-7H,1-2H3. The molecule has 0 radical (unpaired) electrons. The van der Waals surface area contributed by atoms with Gasteiger partial charge in [0.25, 0.3) is 0 Å². The number of rotatable bonds is 4. The van der Waals surface area contributed by atoms with Crippen LogP contribution in [0.3, 0.4) is 0 Å². The third kappa shape index (κ3) is 3.45. The Morgan fingerprint density at radius 1 is 1.24 bits per heavy atom. The largest absolute Gasteiger partial charge is 0.465 e. The molecule has 0 amide bonds. The van der Waals surface area contributed by atoms with E-state index < -0.39 is 16.1 Å². The predicted octanol–water partition coefficient (Wildman–Crippen LogP) is 3.37. The number of aryl methyl sites for hydroxylation is 1. The lowest BCUT2D eigenvalue weighted by Crippen LogP contribution is -2.12. The first-order chi connectivity index (χ1) is 9.85. The fraction of sp³-hybridized carbons (Fsp3) is 0.154. The molecule has 0 aliphatic heterocycles. The first-order valence-corrected chi connectivity index (χ1v) is 8.79.